The standard InChI is InChI=1S/C20H26N2O3/c1-24-18-8-9-19(25-2)17(14-18)15-20(23)22(13-11-21)12-10-16-6-4-3-5-7-16/h3-9,14H,10-13,15,21H2,1-2H3. The van der Waals surface area contributed by atoms with Crippen LogP contribution in [0.1, 0.15) is 11.1 Å². The first-order valence-electron chi connectivity index (χ1n) is 8.40. The van der Waals surface area contributed by atoms with Crippen LogP contribution in [0.5, 0.6) is 11.5 Å². The van der Waals surface area contributed by atoms with Crippen LogP contribution in [0.4, 0.5) is 0 Å². The van der Waals surface area contributed by atoms with Gasteiger partial charge in [-0.25, -0.2) is 0 Å². The molecule has 2 aromatic carbocycles. The van der Waals surface area contributed by atoms with E-state index in [-0.39, 0.29) is 12.3 Å². The molecule has 0 saturated carbocycles. The lowest BCUT2D eigenvalue weighted by atomic mass is 10.1. The predicted molar refractivity (Wildman–Crippen MR) is 99.0 cm³/mol. The van der Waals surface area contributed by atoms with Gasteiger partial charge in [-0.15, -0.1) is 0 Å². The average Bonchev–Trinajstić information content (AvgIpc) is 2.65. The zero-order valence-corrected chi connectivity index (χ0v) is 14.9. The second-order valence-electron chi connectivity index (χ2n) is 5.76. The summed E-state index contributed by atoms with van der Waals surface area (Å²) >= 11 is 0. The fourth-order valence-electron chi connectivity index (χ4n) is 2.72. The number of carbonyl (C=O) groups is 1. The fraction of sp³-hybridized carbons (Fsp3) is 0.350. The summed E-state index contributed by atoms with van der Waals surface area (Å²) in [5, 5.41) is 0. The van der Waals surface area contributed by atoms with Crippen LogP contribution in [-0.4, -0.2) is 44.7 Å². The highest BCUT2D eigenvalue weighted by Crippen LogP contribution is 2.24. The minimum Gasteiger partial charge on any atom is -0.497 e. The summed E-state index contributed by atoms with van der Waals surface area (Å²) in [5.41, 5.74) is 7.71. The predicted octanol–water partition coefficient (Wildman–Crippen LogP) is 2.28. The van der Waals surface area contributed by atoms with E-state index in [1.165, 1.54) is 5.56 Å². The van der Waals surface area contributed by atoms with Gasteiger partial charge in [0.2, 0.25) is 5.91 Å². The van der Waals surface area contributed by atoms with Crippen molar-refractivity contribution in [3.05, 3.63) is 59.7 Å². The Bertz CT molecular complexity index is 674. The van der Waals surface area contributed by atoms with Crippen LogP contribution in [-0.2, 0) is 17.6 Å². The van der Waals surface area contributed by atoms with E-state index in [0.717, 1.165) is 12.0 Å². The SMILES string of the molecule is COc1ccc(OC)c(CC(=O)N(CCN)CCc2ccccc2)c1. The lowest BCUT2D eigenvalue weighted by molar-refractivity contribution is -0.130. The summed E-state index contributed by atoms with van der Waals surface area (Å²) in [4.78, 5) is 14.6. The summed E-state index contributed by atoms with van der Waals surface area (Å²) < 4.78 is 10.6. The van der Waals surface area contributed by atoms with E-state index < -0.39 is 0 Å². The number of hydrogen-bond acceptors (Lipinski definition) is 4. The van der Waals surface area contributed by atoms with Crippen LogP contribution < -0.4 is 15.2 Å². The first kappa shape index (κ1) is 18.8. The van der Waals surface area contributed by atoms with Crippen LogP contribution in [0.2, 0.25) is 0 Å². The van der Waals surface area contributed by atoms with Crippen molar-refractivity contribution in [1.29, 1.82) is 0 Å². The van der Waals surface area contributed by atoms with Crippen molar-refractivity contribution in [3.8, 4) is 11.5 Å². The molecule has 5 nitrogen and oxygen atoms in total. The smallest absolute Gasteiger partial charge is 0.227 e. The van der Waals surface area contributed by atoms with Crippen LogP contribution in [0.3, 0.4) is 0 Å². The van der Waals surface area contributed by atoms with Gasteiger partial charge in [-0.2, -0.15) is 0 Å². The van der Waals surface area contributed by atoms with Gasteiger partial charge < -0.3 is 20.1 Å². The topological polar surface area (TPSA) is 64.8 Å². The van der Waals surface area contributed by atoms with E-state index in [1.54, 1.807) is 14.2 Å². The molecule has 2 rings (SSSR count). The van der Waals surface area contributed by atoms with E-state index in [1.807, 2.05) is 41.3 Å². The maximum atomic E-state index is 12.8. The van der Waals surface area contributed by atoms with Crippen LogP contribution >= 0.6 is 0 Å². The molecule has 0 aliphatic rings. The van der Waals surface area contributed by atoms with Gasteiger partial charge in [0, 0.05) is 25.2 Å². The summed E-state index contributed by atoms with van der Waals surface area (Å²) in [7, 11) is 3.21. The van der Waals surface area contributed by atoms with Gasteiger partial charge in [-0.05, 0) is 30.2 Å². The lowest BCUT2D eigenvalue weighted by Crippen LogP contribution is -2.37. The van der Waals surface area contributed by atoms with Crippen molar-refractivity contribution >= 4 is 5.91 Å². The number of benzene rings is 2. The molecule has 5 heteroatoms. The normalized spacial score (nSPS) is 10.4. The molecule has 2 aromatic rings. The number of methoxy groups -OCH3 is 2. The number of carbonyl (C=O) groups excluding carboxylic acids is 1. The molecule has 0 fully saturated rings. The van der Waals surface area contributed by atoms with Crippen LogP contribution in [0, 0.1) is 0 Å². The van der Waals surface area contributed by atoms with E-state index in [4.69, 9.17) is 15.2 Å². The van der Waals surface area contributed by atoms with E-state index >= 15 is 0 Å². The van der Waals surface area contributed by atoms with E-state index in [2.05, 4.69) is 12.1 Å². The Labute approximate surface area is 149 Å². The molecule has 0 aliphatic carbocycles. The Balaban J connectivity index is 2.07. The van der Waals surface area contributed by atoms with Gasteiger partial charge in [0.05, 0.1) is 20.6 Å². The monoisotopic (exact) mass is 342 g/mol. The quantitative estimate of drug-likeness (QED) is 0.759. The number of hydrogen-bond donors (Lipinski definition) is 1. The van der Waals surface area contributed by atoms with Gasteiger partial charge in [-0.1, -0.05) is 30.3 Å². The van der Waals surface area contributed by atoms with Gasteiger partial charge >= 0.3 is 0 Å². The highest BCUT2D eigenvalue weighted by Gasteiger charge is 2.16. The second kappa shape index (κ2) is 9.69. The minimum absolute atomic E-state index is 0.0351. The molecule has 0 atom stereocenters. The van der Waals surface area contributed by atoms with Gasteiger partial charge in [0.15, 0.2) is 0 Å². The van der Waals surface area contributed by atoms with E-state index in [9.17, 15) is 4.79 Å². The maximum absolute atomic E-state index is 12.8. The van der Waals surface area contributed by atoms with Crippen molar-refractivity contribution in [2.45, 2.75) is 12.8 Å². The van der Waals surface area contributed by atoms with Crippen molar-refractivity contribution in [1.82, 2.24) is 4.90 Å². The van der Waals surface area contributed by atoms with Gasteiger partial charge in [0.1, 0.15) is 11.5 Å². The van der Waals surface area contributed by atoms with Crippen LogP contribution in [0.25, 0.3) is 0 Å². The molecule has 0 bridgehead atoms. The molecular formula is C20H26N2O3. The minimum atomic E-state index is 0.0351. The first-order valence-corrected chi connectivity index (χ1v) is 8.40. The largest absolute Gasteiger partial charge is 0.497 e. The molecule has 0 radical (unpaired) electrons. The number of amides is 1. The Hall–Kier alpha value is -2.53. The zero-order valence-electron chi connectivity index (χ0n) is 14.9. The molecule has 25 heavy (non-hydrogen) atoms. The number of nitrogens with two attached hydrogens (primary N) is 1. The van der Waals surface area contributed by atoms with E-state index in [0.29, 0.717) is 31.1 Å². The summed E-state index contributed by atoms with van der Waals surface area (Å²) in [6.07, 6.45) is 1.07. The second-order valence-corrected chi connectivity index (χ2v) is 5.76. The summed E-state index contributed by atoms with van der Waals surface area (Å²) in [6, 6.07) is 15.6. The highest BCUT2D eigenvalue weighted by atomic mass is 16.5. The van der Waals surface area contributed by atoms with Crippen molar-refractivity contribution in [3.63, 3.8) is 0 Å². The van der Waals surface area contributed by atoms with Crippen molar-refractivity contribution in [2.24, 2.45) is 5.73 Å². The Morgan fingerprint density at radius 2 is 1.80 bits per heavy atom. The van der Waals surface area contributed by atoms with Crippen LogP contribution in [0.15, 0.2) is 48.5 Å². The Morgan fingerprint density at radius 3 is 2.44 bits per heavy atom. The number of rotatable bonds is 9. The molecule has 0 aliphatic heterocycles. The summed E-state index contributed by atoms with van der Waals surface area (Å²) in [5.74, 6) is 1.43. The highest BCUT2D eigenvalue weighted by molar-refractivity contribution is 5.79. The number of ether oxygens (including phenoxy) is 2. The Kier molecular flexibility index (Phi) is 7.29. The molecule has 0 heterocycles. The molecule has 0 aromatic heterocycles. The third-order valence-corrected chi connectivity index (χ3v) is 4.09. The third-order valence-electron chi connectivity index (χ3n) is 4.09. The molecule has 2 N–H and O–H groups in total. The number of nitrogens with zero attached hydrogens (tertiary/aromatic N) is 1. The molecule has 0 saturated heterocycles. The Morgan fingerprint density at radius 1 is 1.04 bits per heavy atom. The van der Waals surface area contributed by atoms with Gasteiger partial charge in [0.25, 0.3) is 0 Å². The molecular weight excluding hydrogens is 316 g/mol. The fourth-order valence-corrected chi connectivity index (χ4v) is 2.72. The lowest BCUT2D eigenvalue weighted by Gasteiger charge is -2.23. The first-order chi connectivity index (χ1) is 12.2. The zero-order chi connectivity index (χ0) is 18.1. The third kappa shape index (κ3) is 5.50. The molecule has 134 valence electrons. The van der Waals surface area contributed by atoms with Gasteiger partial charge in [-0.3, -0.25) is 4.79 Å². The maximum Gasteiger partial charge on any atom is 0.227 e. The average molecular weight is 342 g/mol. The molecule has 0 unspecified atom stereocenters. The summed E-state index contributed by atoms with van der Waals surface area (Å²) in [6.45, 7) is 1.63. The molecule has 0 spiro atoms. The van der Waals surface area contributed by atoms with Crippen molar-refractivity contribution in [2.75, 3.05) is 33.9 Å². The van der Waals surface area contributed by atoms with Crippen molar-refractivity contribution < 1.29 is 14.3 Å². The molecule has 1 amide bonds.